The van der Waals surface area contributed by atoms with Crippen LogP contribution < -0.4 is 4.90 Å². The number of ether oxygens (including phenoxy) is 2. The van der Waals surface area contributed by atoms with Gasteiger partial charge in [-0.2, -0.15) is 0 Å². The molecule has 0 radical (unpaired) electrons. The Balaban J connectivity index is 1.73. The molecule has 1 aliphatic heterocycles. The largest absolute Gasteiger partial charge is 0.472 e. The van der Waals surface area contributed by atoms with Gasteiger partial charge < -0.3 is 19.4 Å². The molecule has 142 valence electrons. The van der Waals surface area contributed by atoms with E-state index >= 15 is 0 Å². The zero-order valence-electron chi connectivity index (χ0n) is 15.3. The Bertz CT molecular complexity index is 839. The maximum absolute atomic E-state index is 11.5. The maximum Gasteiger partial charge on any atom is 0.413 e. The molecule has 0 saturated carbocycles. The molecule has 1 heterocycles. The molecule has 0 atom stereocenters. The van der Waals surface area contributed by atoms with Crippen molar-refractivity contribution in [2.45, 2.75) is 26.4 Å². The lowest BCUT2D eigenvalue weighted by molar-refractivity contribution is 0.130. The van der Waals surface area contributed by atoms with Crippen molar-refractivity contribution in [2.75, 3.05) is 18.7 Å². The predicted octanol–water partition coefficient (Wildman–Crippen LogP) is 4.19. The molecule has 7 heteroatoms. The number of methoxy groups -OCH3 is 1. The topological polar surface area (TPSA) is 80.6 Å². The fourth-order valence-corrected chi connectivity index (χ4v) is 3.16. The van der Waals surface area contributed by atoms with Gasteiger partial charge in [0.2, 0.25) is 0 Å². The van der Waals surface area contributed by atoms with E-state index in [9.17, 15) is 9.90 Å². The molecule has 7 nitrogen and oxygen atoms in total. The second-order valence-corrected chi connectivity index (χ2v) is 6.18. The highest BCUT2D eigenvalue weighted by atomic mass is 16.6. The molecule has 1 aliphatic carbocycles. The SMILES string of the molecule is COCN(C(=O)O)c1ccccc1CON=C(C)C1=C2C=COC=C2CC1. The lowest BCUT2D eigenvalue weighted by atomic mass is 10.1. The number of allylic oxidation sites excluding steroid dienone is 4. The Morgan fingerprint density at radius 3 is 2.93 bits per heavy atom. The summed E-state index contributed by atoms with van der Waals surface area (Å²) in [6, 6.07) is 7.13. The highest BCUT2D eigenvalue weighted by molar-refractivity contribution is 6.00. The number of para-hydroxylation sites is 1. The normalized spacial score (nSPS) is 15.9. The number of hydrogen-bond acceptors (Lipinski definition) is 5. The van der Waals surface area contributed by atoms with Gasteiger partial charge in [-0.1, -0.05) is 23.4 Å². The van der Waals surface area contributed by atoms with Crippen LogP contribution in [-0.2, 0) is 20.9 Å². The van der Waals surface area contributed by atoms with Gasteiger partial charge in [0.1, 0.15) is 13.3 Å². The van der Waals surface area contributed by atoms with Gasteiger partial charge in [-0.3, -0.25) is 4.90 Å². The molecule has 1 amide bonds. The standard InChI is InChI=1S/C20H22N2O5/c1-14(17-8-7-15-11-26-10-9-18(15)17)21-27-12-16-5-3-4-6-19(16)22(13-25-2)20(23)24/h3-6,9-11H,7-8,12-13H2,1-2H3,(H,23,24). The van der Waals surface area contributed by atoms with Crippen molar-refractivity contribution >= 4 is 17.5 Å². The summed E-state index contributed by atoms with van der Waals surface area (Å²) in [5.41, 5.74) is 5.49. The first-order valence-corrected chi connectivity index (χ1v) is 8.60. The van der Waals surface area contributed by atoms with Gasteiger partial charge in [-0.15, -0.1) is 0 Å². The van der Waals surface area contributed by atoms with Gasteiger partial charge in [0.25, 0.3) is 0 Å². The average molecular weight is 370 g/mol. The first-order valence-electron chi connectivity index (χ1n) is 8.60. The van der Waals surface area contributed by atoms with Gasteiger partial charge in [0, 0.05) is 12.7 Å². The Morgan fingerprint density at radius 2 is 2.15 bits per heavy atom. The van der Waals surface area contributed by atoms with Crippen molar-refractivity contribution in [2.24, 2.45) is 5.16 Å². The van der Waals surface area contributed by atoms with Crippen LogP contribution in [-0.4, -0.2) is 30.8 Å². The summed E-state index contributed by atoms with van der Waals surface area (Å²) in [4.78, 5) is 18.1. The third-order valence-electron chi connectivity index (χ3n) is 4.47. The number of nitrogens with zero attached hydrogens (tertiary/aromatic N) is 2. The van der Waals surface area contributed by atoms with Crippen molar-refractivity contribution in [1.82, 2.24) is 0 Å². The summed E-state index contributed by atoms with van der Waals surface area (Å²) >= 11 is 0. The Kier molecular flexibility index (Phi) is 5.93. The van der Waals surface area contributed by atoms with Gasteiger partial charge >= 0.3 is 6.09 Å². The molecular formula is C20H22N2O5. The van der Waals surface area contributed by atoms with E-state index in [1.165, 1.54) is 12.7 Å². The minimum atomic E-state index is -1.09. The molecule has 0 saturated heterocycles. The lowest BCUT2D eigenvalue weighted by Gasteiger charge is -2.20. The quantitative estimate of drug-likeness (QED) is 0.442. The minimum Gasteiger partial charge on any atom is -0.472 e. The fraction of sp³-hybridized carbons (Fsp3) is 0.300. The number of fused-ring (bicyclic) bond motifs is 1. The van der Waals surface area contributed by atoms with E-state index < -0.39 is 6.09 Å². The van der Waals surface area contributed by atoms with Gasteiger partial charge in [0.05, 0.1) is 23.9 Å². The summed E-state index contributed by atoms with van der Waals surface area (Å²) in [6.07, 6.45) is 6.10. The van der Waals surface area contributed by atoms with Gasteiger partial charge in [0.15, 0.2) is 0 Å². The highest BCUT2D eigenvalue weighted by Crippen LogP contribution is 2.35. The third-order valence-corrected chi connectivity index (χ3v) is 4.47. The zero-order valence-corrected chi connectivity index (χ0v) is 15.3. The maximum atomic E-state index is 11.5. The molecule has 2 aliphatic rings. The number of carbonyl (C=O) groups is 1. The van der Waals surface area contributed by atoms with Crippen LogP contribution in [0.2, 0.25) is 0 Å². The Hall–Kier alpha value is -3.06. The molecule has 1 aromatic rings. The predicted molar refractivity (Wildman–Crippen MR) is 101 cm³/mol. The number of amides is 1. The average Bonchev–Trinajstić information content (AvgIpc) is 3.10. The molecule has 1 N–H and O–H groups in total. The van der Waals surface area contributed by atoms with E-state index in [0.29, 0.717) is 11.3 Å². The molecule has 0 unspecified atom stereocenters. The van der Waals surface area contributed by atoms with Crippen molar-refractivity contribution in [3.63, 3.8) is 0 Å². The van der Waals surface area contributed by atoms with Crippen LogP contribution in [0.5, 0.6) is 0 Å². The summed E-state index contributed by atoms with van der Waals surface area (Å²) < 4.78 is 10.2. The van der Waals surface area contributed by atoms with Crippen molar-refractivity contribution in [3.05, 3.63) is 65.1 Å². The summed E-state index contributed by atoms with van der Waals surface area (Å²) in [6.45, 7) is 2.01. The molecule has 0 bridgehead atoms. The third kappa shape index (κ3) is 4.20. The van der Waals surface area contributed by atoms with E-state index in [1.807, 2.05) is 25.1 Å². The first-order chi connectivity index (χ1) is 13.1. The van der Waals surface area contributed by atoms with E-state index in [0.717, 1.165) is 34.6 Å². The van der Waals surface area contributed by atoms with Crippen molar-refractivity contribution in [1.29, 1.82) is 0 Å². The van der Waals surface area contributed by atoms with E-state index in [2.05, 4.69) is 5.16 Å². The van der Waals surface area contributed by atoms with Crippen LogP contribution in [0, 0.1) is 0 Å². The molecule has 3 rings (SSSR count). The second-order valence-electron chi connectivity index (χ2n) is 6.18. The van der Waals surface area contributed by atoms with Crippen LogP contribution in [0.3, 0.4) is 0 Å². The van der Waals surface area contributed by atoms with Crippen LogP contribution >= 0.6 is 0 Å². The molecule has 27 heavy (non-hydrogen) atoms. The number of oxime groups is 1. The smallest absolute Gasteiger partial charge is 0.413 e. The van der Waals surface area contributed by atoms with Crippen LogP contribution in [0.4, 0.5) is 10.5 Å². The number of anilines is 1. The summed E-state index contributed by atoms with van der Waals surface area (Å²) in [7, 11) is 1.45. The summed E-state index contributed by atoms with van der Waals surface area (Å²) in [5.74, 6) is 0. The molecule has 0 spiro atoms. The monoisotopic (exact) mass is 370 g/mol. The van der Waals surface area contributed by atoms with E-state index in [-0.39, 0.29) is 13.3 Å². The van der Waals surface area contributed by atoms with Gasteiger partial charge in [-0.25, -0.2) is 4.79 Å². The number of hydrogen-bond donors (Lipinski definition) is 1. The zero-order chi connectivity index (χ0) is 19.2. The summed E-state index contributed by atoms with van der Waals surface area (Å²) in [5, 5.41) is 13.6. The molecular weight excluding hydrogens is 348 g/mol. The first kappa shape index (κ1) is 18.7. The van der Waals surface area contributed by atoms with Crippen LogP contribution in [0.25, 0.3) is 0 Å². The van der Waals surface area contributed by atoms with Crippen molar-refractivity contribution < 1.29 is 24.2 Å². The lowest BCUT2D eigenvalue weighted by Crippen LogP contribution is -2.32. The van der Waals surface area contributed by atoms with Crippen LogP contribution in [0.1, 0.15) is 25.3 Å². The Morgan fingerprint density at radius 1 is 1.33 bits per heavy atom. The van der Waals surface area contributed by atoms with E-state index in [1.54, 1.807) is 24.7 Å². The van der Waals surface area contributed by atoms with Gasteiger partial charge in [-0.05, 0) is 48.6 Å². The van der Waals surface area contributed by atoms with Crippen molar-refractivity contribution in [3.8, 4) is 0 Å². The number of benzene rings is 1. The number of carboxylic acid groups (broad SMARTS) is 1. The fourth-order valence-electron chi connectivity index (χ4n) is 3.16. The highest BCUT2D eigenvalue weighted by Gasteiger charge is 2.22. The van der Waals surface area contributed by atoms with Crippen LogP contribution in [0.15, 0.2) is 64.7 Å². The molecule has 1 aromatic carbocycles. The Labute approximate surface area is 157 Å². The second kappa shape index (κ2) is 8.55. The minimum absolute atomic E-state index is 0.0611. The molecule has 0 aromatic heterocycles. The van der Waals surface area contributed by atoms with E-state index in [4.69, 9.17) is 14.3 Å². The molecule has 0 fully saturated rings. The number of rotatable bonds is 7.